The summed E-state index contributed by atoms with van der Waals surface area (Å²) in [7, 11) is 0. The van der Waals surface area contributed by atoms with Crippen molar-refractivity contribution in [1.82, 2.24) is 0 Å². The van der Waals surface area contributed by atoms with E-state index in [9.17, 15) is 25.2 Å². The first-order valence-electron chi connectivity index (χ1n) is 15.6. The average molecular weight is 574 g/mol. The zero-order chi connectivity index (χ0) is 29.2. The second-order valence-corrected chi connectivity index (χ2v) is 14.0. The summed E-state index contributed by atoms with van der Waals surface area (Å²) >= 11 is 0. The third-order valence-electron chi connectivity index (χ3n) is 12.2. The van der Waals surface area contributed by atoms with Crippen molar-refractivity contribution in [2.75, 3.05) is 13.2 Å². The SMILES string of the molecule is C=CCN=C[C@]12CC[C@H](O[C@@H]3C[C@H](O)[C@H](O)[C@H](C)O3)C[C@]1(O)CC[C@@H]1[C@@H]2CC[C@]2(C)[C@H](C3=CC(=O)OC3)CC[C@@]12O. The van der Waals surface area contributed by atoms with E-state index in [1.165, 1.54) is 0 Å². The second kappa shape index (κ2) is 10.5. The molecule has 2 aliphatic heterocycles. The van der Waals surface area contributed by atoms with Crippen LogP contribution in [0.2, 0.25) is 0 Å². The van der Waals surface area contributed by atoms with Crippen LogP contribution in [0, 0.1) is 28.6 Å². The summed E-state index contributed by atoms with van der Waals surface area (Å²) in [6.45, 7) is 8.54. The largest absolute Gasteiger partial charge is 0.458 e. The van der Waals surface area contributed by atoms with E-state index in [1.807, 2.05) is 6.21 Å². The molecule has 0 radical (unpaired) electrons. The molecule has 41 heavy (non-hydrogen) atoms. The Morgan fingerprint density at radius 3 is 2.61 bits per heavy atom. The lowest BCUT2D eigenvalue weighted by Crippen LogP contribution is -2.69. The van der Waals surface area contributed by atoms with Crippen molar-refractivity contribution in [2.45, 2.75) is 120 Å². The first-order chi connectivity index (χ1) is 19.5. The van der Waals surface area contributed by atoms with Gasteiger partial charge in [0.1, 0.15) is 12.7 Å². The molecule has 4 saturated carbocycles. The van der Waals surface area contributed by atoms with E-state index >= 15 is 0 Å². The molecule has 6 aliphatic rings. The van der Waals surface area contributed by atoms with E-state index in [1.54, 1.807) is 19.1 Å². The summed E-state index contributed by atoms with van der Waals surface area (Å²) in [5, 5.41) is 45.4. The highest BCUT2D eigenvalue weighted by atomic mass is 16.7. The van der Waals surface area contributed by atoms with Gasteiger partial charge >= 0.3 is 5.97 Å². The molecule has 0 amide bonds. The monoisotopic (exact) mass is 573 g/mol. The minimum absolute atomic E-state index is 0.0111. The Kier molecular flexibility index (Phi) is 7.56. The van der Waals surface area contributed by atoms with Crippen LogP contribution in [0.3, 0.4) is 0 Å². The molecule has 4 aliphatic carbocycles. The molecule has 0 aromatic heterocycles. The Bertz CT molecular complexity index is 1100. The zero-order valence-electron chi connectivity index (χ0n) is 24.4. The number of aliphatic imine (C=N–C) groups is 1. The average Bonchev–Trinajstić information content (AvgIpc) is 3.47. The Morgan fingerprint density at radius 2 is 1.90 bits per heavy atom. The minimum Gasteiger partial charge on any atom is -0.458 e. The highest BCUT2D eigenvalue weighted by molar-refractivity contribution is 5.85. The molecule has 6 rings (SSSR count). The van der Waals surface area contributed by atoms with Crippen LogP contribution in [0.15, 0.2) is 29.3 Å². The fraction of sp³-hybridized carbons (Fsp3) is 0.812. The smallest absolute Gasteiger partial charge is 0.331 e. The van der Waals surface area contributed by atoms with E-state index in [2.05, 4.69) is 13.5 Å². The van der Waals surface area contributed by atoms with Crippen molar-refractivity contribution in [3.8, 4) is 0 Å². The summed E-state index contributed by atoms with van der Waals surface area (Å²) in [6, 6.07) is 0. The third-order valence-corrected chi connectivity index (χ3v) is 12.2. The van der Waals surface area contributed by atoms with Gasteiger partial charge in [-0.2, -0.15) is 0 Å². The molecule has 0 aromatic carbocycles. The Hall–Kier alpha value is -1.62. The molecule has 0 aromatic rings. The Balaban J connectivity index is 1.26. The number of hydrogen-bond acceptors (Lipinski definition) is 9. The lowest BCUT2D eigenvalue weighted by molar-refractivity contribution is -0.282. The van der Waals surface area contributed by atoms with Crippen LogP contribution in [0.1, 0.15) is 78.1 Å². The number of cyclic esters (lactones) is 1. The summed E-state index contributed by atoms with van der Waals surface area (Å²) < 4.78 is 17.4. The molecule has 4 N–H and O–H groups in total. The van der Waals surface area contributed by atoms with Crippen molar-refractivity contribution in [1.29, 1.82) is 0 Å². The number of rotatable bonds is 6. The van der Waals surface area contributed by atoms with Gasteiger partial charge in [0.05, 0.1) is 36.1 Å². The molecule has 1 saturated heterocycles. The van der Waals surface area contributed by atoms with Gasteiger partial charge in [0.15, 0.2) is 6.29 Å². The molecule has 12 atom stereocenters. The van der Waals surface area contributed by atoms with Crippen molar-refractivity contribution >= 4 is 12.2 Å². The minimum atomic E-state index is -1.06. The molecule has 0 spiro atoms. The fourth-order valence-electron chi connectivity index (χ4n) is 10.1. The van der Waals surface area contributed by atoms with Gasteiger partial charge in [0.25, 0.3) is 0 Å². The Labute approximate surface area is 242 Å². The van der Waals surface area contributed by atoms with Crippen molar-refractivity contribution < 1.29 is 39.4 Å². The third kappa shape index (κ3) is 4.49. The van der Waals surface area contributed by atoms with Crippen LogP contribution in [0.5, 0.6) is 0 Å². The van der Waals surface area contributed by atoms with Crippen LogP contribution in [-0.4, -0.2) is 87.7 Å². The summed E-state index contributed by atoms with van der Waals surface area (Å²) in [6.07, 6.45) is 8.52. The van der Waals surface area contributed by atoms with Crippen LogP contribution in [0.4, 0.5) is 0 Å². The predicted octanol–water partition coefficient (Wildman–Crippen LogP) is 2.84. The predicted molar refractivity (Wildman–Crippen MR) is 151 cm³/mol. The van der Waals surface area contributed by atoms with Crippen LogP contribution in [-0.2, 0) is 19.0 Å². The van der Waals surface area contributed by atoms with Gasteiger partial charge in [-0.1, -0.05) is 13.0 Å². The van der Waals surface area contributed by atoms with Crippen LogP contribution < -0.4 is 0 Å². The van der Waals surface area contributed by atoms with Gasteiger partial charge in [0, 0.05) is 36.0 Å². The molecule has 9 heteroatoms. The number of esters is 1. The maximum atomic E-state index is 12.6. The quantitative estimate of drug-likeness (QED) is 0.165. The van der Waals surface area contributed by atoms with E-state index in [0.717, 1.165) is 24.8 Å². The second-order valence-electron chi connectivity index (χ2n) is 14.0. The topological polar surface area (TPSA) is 138 Å². The number of carbonyl (C=O) groups excluding carboxylic acids is 1. The van der Waals surface area contributed by atoms with Gasteiger partial charge in [0.2, 0.25) is 0 Å². The van der Waals surface area contributed by atoms with E-state index in [0.29, 0.717) is 51.7 Å². The van der Waals surface area contributed by atoms with Crippen molar-refractivity contribution in [3.63, 3.8) is 0 Å². The number of ether oxygens (including phenoxy) is 3. The standard InChI is InChI=1S/C32H47NO8/c1-4-13-33-18-30-10-5-21(41-27-15-25(34)28(36)19(2)40-27)16-31(30,37)11-7-24-23(30)6-9-29(3)22(8-12-32(24,29)38)20-14-26(35)39-17-20/h4,14,18-19,21-25,27-28,34,36-38H,1,5-13,15-17H2,2-3H3/t19-,21-,22-,23-,24+,25-,27+,28+,29+,30-,31+,32+/m0/s1. The first kappa shape index (κ1) is 29.5. The number of hydrogen-bond donors (Lipinski definition) is 4. The fourth-order valence-corrected chi connectivity index (χ4v) is 10.1. The number of aliphatic hydroxyl groups excluding tert-OH is 2. The molecule has 0 bridgehead atoms. The van der Waals surface area contributed by atoms with Gasteiger partial charge in [-0.25, -0.2) is 4.79 Å². The van der Waals surface area contributed by atoms with E-state index in [4.69, 9.17) is 19.2 Å². The van der Waals surface area contributed by atoms with E-state index in [-0.39, 0.29) is 41.7 Å². The number of fused-ring (bicyclic) bond motifs is 5. The van der Waals surface area contributed by atoms with Gasteiger partial charge in [-0.3, -0.25) is 4.99 Å². The number of nitrogens with zero attached hydrogens (tertiary/aromatic N) is 1. The molecule has 5 fully saturated rings. The van der Waals surface area contributed by atoms with Gasteiger partial charge < -0.3 is 34.6 Å². The molecular weight excluding hydrogens is 526 g/mol. The maximum Gasteiger partial charge on any atom is 0.331 e. The normalized spacial score (nSPS) is 51.5. The number of carbonyl (C=O) groups is 1. The van der Waals surface area contributed by atoms with E-state index < -0.39 is 41.2 Å². The maximum absolute atomic E-state index is 12.6. The number of aliphatic hydroxyl groups is 4. The summed E-state index contributed by atoms with van der Waals surface area (Å²) in [5.74, 6) is -0.101. The molecule has 2 heterocycles. The van der Waals surface area contributed by atoms with Crippen LogP contribution >= 0.6 is 0 Å². The van der Waals surface area contributed by atoms with Crippen molar-refractivity contribution in [2.24, 2.45) is 33.6 Å². The highest BCUT2D eigenvalue weighted by Crippen LogP contribution is 2.70. The highest BCUT2D eigenvalue weighted by Gasteiger charge is 2.71. The summed E-state index contributed by atoms with van der Waals surface area (Å²) in [4.78, 5) is 16.6. The first-order valence-corrected chi connectivity index (χ1v) is 15.6. The van der Waals surface area contributed by atoms with Gasteiger partial charge in [-0.15, -0.1) is 6.58 Å². The van der Waals surface area contributed by atoms with Crippen LogP contribution in [0.25, 0.3) is 0 Å². The lowest BCUT2D eigenvalue weighted by atomic mass is 9.41. The van der Waals surface area contributed by atoms with Crippen molar-refractivity contribution in [3.05, 3.63) is 24.3 Å². The molecular formula is C32H47NO8. The lowest BCUT2D eigenvalue weighted by Gasteiger charge is -2.66. The Morgan fingerprint density at radius 1 is 1.12 bits per heavy atom. The van der Waals surface area contributed by atoms with Gasteiger partial charge in [-0.05, 0) is 81.6 Å². The zero-order valence-corrected chi connectivity index (χ0v) is 24.4. The molecule has 9 nitrogen and oxygen atoms in total. The summed E-state index contributed by atoms with van der Waals surface area (Å²) in [5.41, 5.74) is -1.91. The molecule has 228 valence electrons. The molecule has 0 unspecified atom stereocenters.